The Hall–Kier alpha value is -1.16. The molecule has 0 saturated carbocycles. The van der Waals surface area contributed by atoms with Crippen molar-refractivity contribution in [1.82, 2.24) is 0 Å². The summed E-state index contributed by atoms with van der Waals surface area (Å²) in [4.78, 5) is 23.4. The highest BCUT2D eigenvalue weighted by Crippen LogP contribution is 2.17. The van der Waals surface area contributed by atoms with E-state index in [2.05, 4.69) is 0 Å². The number of carbonyl (C=O) groups is 2. The molecule has 0 aromatic carbocycles. The van der Waals surface area contributed by atoms with Gasteiger partial charge in [-0.15, -0.1) is 0 Å². The minimum atomic E-state index is -3.28. The number of rotatable bonds is 8. The van der Waals surface area contributed by atoms with E-state index in [1.165, 1.54) is 13.8 Å². The van der Waals surface area contributed by atoms with Crippen molar-refractivity contribution in [3.8, 4) is 0 Å². The van der Waals surface area contributed by atoms with Crippen molar-refractivity contribution >= 4 is 31.6 Å². The lowest BCUT2D eigenvalue weighted by Gasteiger charge is -2.27. The largest absolute Gasteiger partial charge is 0.448 e. The monoisotopic (exact) mass is 356 g/mol. The Balaban J connectivity index is 2.58. The number of hydrogen-bond acceptors (Lipinski definition) is 8. The van der Waals surface area contributed by atoms with E-state index in [0.29, 0.717) is 0 Å². The van der Waals surface area contributed by atoms with Crippen molar-refractivity contribution in [2.45, 2.75) is 38.9 Å². The van der Waals surface area contributed by atoms with Crippen molar-refractivity contribution in [1.29, 1.82) is 0 Å². The summed E-state index contributed by atoms with van der Waals surface area (Å²) < 4.78 is 55.3. The highest BCUT2D eigenvalue weighted by molar-refractivity contribution is 7.91. The summed E-state index contributed by atoms with van der Waals surface area (Å²) in [6.45, 7) is 2.95. The van der Waals surface area contributed by atoms with Gasteiger partial charge < -0.3 is 9.47 Å². The molecule has 1 aliphatic heterocycles. The minimum Gasteiger partial charge on any atom is -0.448 e. The van der Waals surface area contributed by atoms with Crippen molar-refractivity contribution in [3.63, 3.8) is 0 Å². The zero-order valence-corrected chi connectivity index (χ0v) is 14.1. The van der Waals surface area contributed by atoms with E-state index in [9.17, 15) is 26.4 Å². The van der Waals surface area contributed by atoms with E-state index in [4.69, 9.17) is 9.47 Å². The van der Waals surface area contributed by atoms with Gasteiger partial charge in [0.05, 0.1) is 11.5 Å². The molecule has 0 N–H and O–H groups in total. The lowest BCUT2D eigenvalue weighted by molar-refractivity contribution is -0.195. The maximum absolute atomic E-state index is 11.7. The second-order valence-electron chi connectivity index (χ2n) is 4.90. The molecule has 0 aliphatic carbocycles. The van der Waals surface area contributed by atoms with Crippen LogP contribution in [0.2, 0.25) is 0 Å². The summed E-state index contributed by atoms with van der Waals surface area (Å²) in [6.07, 6.45) is -2.85. The standard InChI is InChI=1S/C12H20O8S2/c1-3-21(15,16)7-5-9-11(13)20-10(12(14)19-9)6-8-22(17,18)4-2/h9-10H,3-8H2,1-2H3/t9-,10-/m0/s1. The van der Waals surface area contributed by atoms with Crippen LogP contribution in [0.15, 0.2) is 0 Å². The van der Waals surface area contributed by atoms with Crippen molar-refractivity contribution < 1.29 is 35.9 Å². The normalized spacial score (nSPS) is 23.0. The second-order valence-corrected chi connectivity index (χ2v) is 9.85. The first-order valence-corrected chi connectivity index (χ1v) is 10.6. The number of ether oxygens (including phenoxy) is 2. The fourth-order valence-corrected chi connectivity index (χ4v) is 3.47. The van der Waals surface area contributed by atoms with Gasteiger partial charge >= 0.3 is 11.9 Å². The van der Waals surface area contributed by atoms with E-state index in [1.54, 1.807) is 0 Å². The van der Waals surface area contributed by atoms with Crippen LogP contribution in [-0.4, -0.2) is 64.0 Å². The van der Waals surface area contributed by atoms with E-state index >= 15 is 0 Å². The molecule has 1 saturated heterocycles. The molecule has 128 valence electrons. The Morgan fingerprint density at radius 1 is 0.773 bits per heavy atom. The van der Waals surface area contributed by atoms with Crippen LogP contribution in [0.1, 0.15) is 26.7 Å². The molecule has 10 heteroatoms. The topological polar surface area (TPSA) is 121 Å². The zero-order valence-electron chi connectivity index (χ0n) is 12.5. The van der Waals surface area contributed by atoms with Gasteiger partial charge in [-0.1, -0.05) is 13.8 Å². The summed E-state index contributed by atoms with van der Waals surface area (Å²) in [5, 5.41) is 0. The van der Waals surface area contributed by atoms with Crippen molar-refractivity contribution in [3.05, 3.63) is 0 Å². The third kappa shape index (κ3) is 5.56. The predicted octanol–water partition coefficient (Wildman–Crippen LogP) is -0.527. The average Bonchev–Trinajstić information content (AvgIpc) is 2.46. The van der Waals surface area contributed by atoms with Crippen LogP contribution in [-0.2, 0) is 38.7 Å². The van der Waals surface area contributed by atoms with Gasteiger partial charge in [-0.2, -0.15) is 0 Å². The van der Waals surface area contributed by atoms with Gasteiger partial charge in [0.1, 0.15) is 19.7 Å². The lowest BCUT2D eigenvalue weighted by atomic mass is 10.2. The van der Waals surface area contributed by atoms with E-state index in [1.807, 2.05) is 0 Å². The van der Waals surface area contributed by atoms with Crippen molar-refractivity contribution in [2.75, 3.05) is 23.0 Å². The number of cyclic esters (lactones) is 2. The SMILES string of the molecule is CCS(=O)(=O)CC[C@@H]1OC(=O)[C@H](CCS(=O)(=O)CC)OC1=O. The lowest BCUT2D eigenvalue weighted by Crippen LogP contribution is -2.45. The quantitative estimate of drug-likeness (QED) is 0.532. The molecule has 0 amide bonds. The van der Waals surface area contributed by atoms with Gasteiger partial charge in [-0.3, -0.25) is 0 Å². The Morgan fingerprint density at radius 2 is 1.09 bits per heavy atom. The molecule has 0 radical (unpaired) electrons. The Morgan fingerprint density at radius 3 is 1.36 bits per heavy atom. The number of carbonyl (C=O) groups excluding carboxylic acids is 2. The van der Waals surface area contributed by atoms with E-state index < -0.39 is 43.8 Å². The Bertz CT molecular complexity index is 564. The van der Waals surface area contributed by atoms with Crippen LogP contribution in [0.4, 0.5) is 0 Å². The summed E-state index contributed by atoms with van der Waals surface area (Å²) in [5.74, 6) is -2.40. The fraction of sp³-hybridized carbons (Fsp3) is 0.833. The summed E-state index contributed by atoms with van der Waals surface area (Å²) >= 11 is 0. The third-order valence-electron chi connectivity index (χ3n) is 3.30. The van der Waals surface area contributed by atoms with Gasteiger partial charge in [0.25, 0.3) is 0 Å². The highest BCUT2D eigenvalue weighted by atomic mass is 32.2. The first-order valence-electron chi connectivity index (χ1n) is 6.92. The molecule has 0 aromatic rings. The summed E-state index contributed by atoms with van der Waals surface area (Å²) in [5.41, 5.74) is 0. The van der Waals surface area contributed by atoms with Crippen LogP contribution in [0.3, 0.4) is 0 Å². The molecule has 1 rings (SSSR count). The molecule has 8 nitrogen and oxygen atoms in total. The smallest absolute Gasteiger partial charge is 0.348 e. The zero-order chi connectivity index (χ0) is 17.0. The molecular formula is C12H20O8S2. The van der Waals surface area contributed by atoms with Crippen LogP contribution < -0.4 is 0 Å². The number of esters is 2. The number of hydrogen-bond donors (Lipinski definition) is 0. The molecule has 0 aromatic heterocycles. The van der Waals surface area contributed by atoms with Crippen molar-refractivity contribution in [2.24, 2.45) is 0 Å². The maximum atomic E-state index is 11.7. The highest BCUT2D eigenvalue weighted by Gasteiger charge is 2.38. The Labute approximate surface area is 130 Å². The molecule has 1 heterocycles. The third-order valence-corrected chi connectivity index (χ3v) is 6.78. The molecule has 1 aliphatic rings. The first-order chi connectivity index (χ1) is 10.1. The van der Waals surface area contributed by atoms with Gasteiger partial charge in [0.2, 0.25) is 0 Å². The average molecular weight is 356 g/mol. The molecule has 1 fully saturated rings. The second kappa shape index (κ2) is 7.40. The summed E-state index contributed by atoms with van der Waals surface area (Å²) in [6, 6.07) is 0. The predicted molar refractivity (Wildman–Crippen MR) is 77.6 cm³/mol. The van der Waals surface area contributed by atoms with Gasteiger partial charge in [0, 0.05) is 24.3 Å². The molecular weight excluding hydrogens is 336 g/mol. The fourth-order valence-electron chi connectivity index (χ4n) is 1.74. The van der Waals surface area contributed by atoms with E-state index in [-0.39, 0.29) is 35.9 Å². The van der Waals surface area contributed by atoms with Gasteiger partial charge in [-0.05, 0) is 0 Å². The Kier molecular flexibility index (Phi) is 6.36. The molecule has 2 atom stereocenters. The first kappa shape index (κ1) is 18.9. The van der Waals surface area contributed by atoms with Crippen LogP contribution in [0.5, 0.6) is 0 Å². The van der Waals surface area contributed by atoms with Gasteiger partial charge in [0.15, 0.2) is 12.2 Å². The van der Waals surface area contributed by atoms with Crippen LogP contribution >= 0.6 is 0 Å². The number of sulfone groups is 2. The molecule has 0 bridgehead atoms. The van der Waals surface area contributed by atoms with Gasteiger partial charge in [-0.25, -0.2) is 26.4 Å². The molecule has 22 heavy (non-hydrogen) atoms. The molecule has 0 unspecified atom stereocenters. The minimum absolute atomic E-state index is 0.0692. The molecule has 0 spiro atoms. The van der Waals surface area contributed by atoms with Crippen LogP contribution in [0.25, 0.3) is 0 Å². The van der Waals surface area contributed by atoms with E-state index in [0.717, 1.165) is 0 Å². The summed E-state index contributed by atoms with van der Waals surface area (Å²) in [7, 11) is -6.57. The van der Waals surface area contributed by atoms with Crippen LogP contribution in [0, 0.1) is 0 Å². The maximum Gasteiger partial charge on any atom is 0.348 e.